The van der Waals surface area contributed by atoms with Gasteiger partial charge in [-0.05, 0) is 84.3 Å². The average Bonchev–Trinajstić information content (AvgIpc) is 2.71. The lowest BCUT2D eigenvalue weighted by Crippen LogP contribution is -2.03. The number of aryl methyl sites for hydroxylation is 4. The van der Waals surface area contributed by atoms with Gasteiger partial charge in [-0.1, -0.05) is 42.5 Å². The molecule has 0 N–H and O–H groups in total. The second-order valence-electron chi connectivity index (χ2n) is 7.42. The minimum Gasteiger partial charge on any atom is -0.489 e. The maximum Gasteiger partial charge on any atom is 0.305 e. The molecule has 0 amide bonds. The maximum atomic E-state index is 11.3. The van der Waals surface area contributed by atoms with Crippen LogP contribution in [0.5, 0.6) is 5.75 Å². The fraction of sp³-hybridized carbons (Fsp3) is 0.269. The van der Waals surface area contributed by atoms with Crippen molar-refractivity contribution in [3.63, 3.8) is 0 Å². The Hall–Kier alpha value is -3.07. The molecule has 0 aliphatic carbocycles. The first kappa shape index (κ1) is 20.7. The summed E-state index contributed by atoms with van der Waals surface area (Å²) < 4.78 is 10.8. The zero-order valence-corrected chi connectivity index (χ0v) is 17.6. The van der Waals surface area contributed by atoms with Gasteiger partial charge in [-0.2, -0.15) is 0 Å². The number of ether oxygens (including phenoxy) is 2. The molecule has 0 spiro atoms. The van der Waals surface area contributed by atoms with E-state index < -0.39 is 0 Å². The summed E-state index contributed by atoms with van der Waals surface area (Å²) in [5.74, 6) is 0.648. The largest absolute Gasteiger partial charge is 0.489 e. The minimum atomic E-state index is -0.187. The zero-order valence-electron chi connectivity index (χ0n) is 17.6. The molecule has 0 atom stereocenters. The number of hydrogen-bond donors (Lipinski definition) is 0. The normalized spacial score (nSPS) is 10.6. The third-order valence-corrected chi connectivity index (χ3v) is 5.24. The van der Waals surface area contributed by atoms with E-state index >= 15 is 0 Å². The summed E-state index contributed by atoms with van der Waals surface area (Å²) in [7, 11) is 1.42. The van der Waals surface area contributed by atoms with Crippen molar-refractivity contribution in [3.8, 4) is 16.9 Å². The molecule has 0 heterocycles. The SMILES string of the molecule is COC(=O)CCc1ccc(OCc2cccc(-c3c(C)cccc3C)c2)cc1C. The van der Waals surface area contributed by atoms with Gasteiger partial charge in [0.1, 0.15) is 12.4 Å². The Labute approximate surface area is 173 Å². The van der Waals surface area contributed by atoms with Crippen LogP contribution >= 0.6 is 0 Å². The summed E-state index contributed by atoms with van der Waals surface area (Å²) in [6.45, 7) is 6.85. The second kappa shape index (κ2) is 9.42. The van der Waals surface area contributed by atoms with Crippen molar-refractivity contribution in [2.24, 2.45) is 0 Å². The fourth-order valence-electron chi connectivity index (χ4n) is 3.63. The fourth-order valence-corrected chi connectivity index (χ4v) is 3.63. The molecule has 150 valence electrons. The van der Waals surface area contributed by atoms with Crippen LogP contribution < -0.4 is 4.74 Å². The second-order valence-corrected chi connectivity index (χ2v) is 7.42. The number of benzene rings is 3. The van der Waals surface area contributed by atoms with Crippen molar-refractivity contribution in [1.82, 2.24) is 0 Å². The van der Waals surface area contributed by atoms with Crippen LogP contribution in [0.25, 0.3) is 11.1 Å². The highest BCUT2D eigenvalue weighted by molar-refractivity contribution is 5.71. The van der Waals surface area contributed by atoms with E-state index in [1.165, 1.54) is 29.4 Å². The van der Waals surface area contributed by atoms with E-state index in [1.807, 2.05) is 25.1 Å². The lowest BCUT2D eigenvalue weighted by molar-refractivity contribution is -0.140. The number of esters is 1. The van der Waals surface area contributed by atoms with E-state index in [0.29, 0.717) is 19.4 Å². The Morgan fingerprint density at radius 1 is 0.862 bits per heavy atom. The Kier molecular flexibility index (Phi) is 6.71. The van der Waals surface area contributed by atoms with Gasteiger partial charge >= 0.3 is 5.97 Å². The van der Waals surface area contributed by atoms with Crippen LogP contribution in [0.15, 0.2) is 60.7 Å². The first-order valence-corrected chi connectivity index (χ1v) is 9.92. The van der Waals surface area contributed by atoms with E-state index in [2.05, 4.69) is 56.3 Å². The van der Waals surface area contributed by atoms with Crippen LogP contribution in [0.2, 0.25) is 0 Å². The van der Waals surface area contributed by atoms with Crippen molar-refractivity contribution in [2.75, 3.05) is 7.11 Å². The predicted molar refractivity (Wildman–Crippen MR) is 117 cm³/mol. The summed E-state index contributed by atoms with van der Waals surface area (Å²) in [5.41, 5.74) is 8.46. The van der Waals surface area contributed by atoms with E-state index in [1.54, 1.807) is 0 Å². The topological polar surface area (TPSA) is 35.5 Å². The van der Waals surface area contributed by atoms with Crippen LogP contribution in [-0.4, -0.2) is 13.1 Å². The molecule has 0 saturated heterocycles. The molecule has 3 aromatic rings. The number of rotatable bonds is 7. The van der Waals surface area contributed by atoms with Crippen molar-refractivity contribution < 1.29 is 14.3 Å². The minimum absolute atomic E-state index is 0.187. The smallest absolute Gasteiger partial charge is 0.305 e. The molecule has 3 heteroatoms. The lowest BCUT2D eigenvalue weighted by atomic mass is 9.95. The molecule has 0 aromatic heterocycles. The monoisotopic (exact) mass is 388 g/mol. The molecule has 0 saturated carbocycles. The highest BCUT2D eigenvalue weighted by atomic mass is 16.5. The summed E-state index contributed by atoms with van der Waals surface area (Å²) >= 11 is 0. The van der Waals surface area contributed by atoms with Crippen molar-refractivity contribution in [2.45, 2.75) is 40.2 Å². The maximum absolute atomic E-state index is 11.3. The van der Waals surface area contributed by atoms with Gasteiger partial charge in [0.2, 0.25) is 0 Å². The number of hydrogen-bond acceptors (Lipinski definition) is 3. The Balaban J connectivity index is 1.69. The third-order valence-electron chi connectivity index (χ3n) is 5.24. The van der Waals surface area contributed by atoms with Crippen LogP contribution in [0.1, 0.15) is 34.2 Å². The molecule has 29 heavy (non-hydrogen) atoms. The number of methoxy groups -OCH3 is 1. The molecule has 0 aliphatic rings. The Bertz CT molecular complexity index is 984. The lowest BCUT2D eigenvalue weighted by Gasteiger charge is -2.13. The average molecular weight is 389 g/mol. The molecular weight excluding hydrogens is 360 g/mol. The van der Waals surface area contributed by atoms with Crippen LogP contribution in [0, 0.1) is 20.8 Å². The van der Waals surface area contributed by atoms with Gasteiger partial charge in [0.15, 0.2) is 0 Å². The molecule has 0 unspecified atom stereocenters. The Morgan fingerprint density at radius 3 is 2.28 bits per heavy atom. The van der Waals surface area contributed by atoms with E-state index in [9.17, 15) is 4.79 Å². The highest BCUT2D eigenvalue weighted by Crippen LogP contribution is 2.28. The number of carbonyl (C=O) groups is 1. The van der Waals surface area contributed by atoms with E-state index in [-0.39, 0.29) is 5.97 Å². The Morgan fingerprint density at radius 2 is 1.59 bits per heavy atom. The standard InChI is InChI=1S/C26H28O3/c1-18-7-5-8-19(2)26(18)23-10-6-9-21(16-23)17-29-24-13-11-22(20(3)15-24)12-14-25(27)28-4/h5-11,13,15-16H,12,14,17H2,1-4H3. The predicted octanol–water partition coefficient (Wildman–Crippen LogP) is 5.96. The summed E-state index contributed by atoms with van der Waals surface area (Å²) in [5, 5.41) is 0. The van der Waals surface area contributed by atoms with Crippen molar-refractivity contribution in [3.05, 3.63) is 88.5 Å². The molecule has 0 fully saturated rings. The van der Waals surface area contributed by atoms with Crippen LogP contribution in [0.3, 0.4) is 0 Å². The van der Waals surface area contributed by atoms with Gasteiger partial charge in [0.05, 0.1) is 7.11 Å². The van der Waals surface area contributed by atoms with Gasteiger partial charge in [-0.15, -0.1) is 0 Å². The summed E-state index contributed by atoms with van der Waals surface area (Å²) in [4.78, 5) is 11.3. The summed E-state index contributed by atoms with van der Waals surface area (Å²) in [6, 6.07) is 20.9. The van der Waals surface area contributed by atoms with Gasteiger partial charge in [0.25, 0.3) is 0 Å². The molecule has 3 rings (SSSR count). The highest BCUT2D eigenvalue weighted by Gasteiger charge is 2.08. The number of carbonyl (C=O) groups excluding carboxylic acids is 1. The molecule has 3 nitrogen and oxygen atoms in total. The van der Waals surface area contributed by atoms with Crippen LogP contribution in [-0.2, 0) is 22.6 Å². The van der Waals surface area contributed by atoms with Gasteiger partial charge in [-0.3, -0.25) is 4.79 Å². The van der Waals surface area contributed by atoms with Gasteiger partial charge in [0, 0.05) is 6.42 Å². The molecule has 0 bridgehead atoms. The van der Waals surface area contributed by atoms with E-state index in [0.717, 1.165) is 22.4 Å². The van der Waals surface area contributed by atoms with Gasteiger partial charge < -0.3 is 9.47 Å². The quantitative estimate of drug-likeness (QED) is 0.468. The van der Waals surface area contributed by atoms with Gasteiger partial charge in [-0.25, -0.2) is 0 Å². The zero-order chi connectivity index (χ0) is 20.8. The van der Waals surface area contributed by atoms with Crippen LogP contribution in [0.4, 0.5) is 0 Å². The summed E-state index contributed by atoms with van der Waals surface area (Å²) in [6.07, 6.45) is 1.07. The molecule has 3 aromatic carbocycles. The first-order chi connectivity index (χ1) is 14.0. The van der Waals surface area contributed by atoms with Crippen molar-refractivity contribution >= 4 is 5.97 Å². The molecule has 0 aliphatic heterocycles. The third kappa shape index (κ3) is 5.26. The van der Waals surface area contributed by atoms with E-state index in [4.69, 9.17) is 9.47 Å². The molecule has 0 radical (unpaired) electrons. The first-order valence-electron chi connectivity index (χ1n) is 9.92. The van der Waals surface area contributed by atoms with Crippen molar-refractivity contribution in [1.29, 1.82) is 0 Å². The molecular formula is C26H28O3.